The lowest BCUT2D eigenvalue weighted by Gasteiger charge is -2.34. The van der Waals surface area contributed by atoms with Gasteiger partial charge in [0.1, 0.15) is 0 Å². The third kappa shape index (κ3) is 5.98. The van der Waals surface area contributed by atoms with Crippen molar-refractivity contribution in [2.24, 2.45) is 0 Å². The van der Waals surface area contributed by atoms with Gasteiger partial charge in [-0.1, -0.05) is 24.3 Å². The fourth-order valence-corrected chi connectivity index (χ4v) is 4.09. The molecule has 1 fully saturated rings. The summed E-state index contributed by atoms with van der Waals surface area (Å²) in [4.78, 5) is 32.1. The first-order valence-corrected chi connectivity index (χ1v) is 11.5. The van der Waals surface area contributed by atoms with E-state index >= 15 is 0 Å². The van der Waals surface area contributed by atoms with Crippen molar-refractivity contribution in [1.29, 1.82) is 0 Å². The van der Waals surface area contributed by atoms with Crippen LogP contribution in [0.4, 0.5) is 8.78 Å². The van der Waals surface area contributed by atoms with Gasteiger partial charge >= 0.3 is 6.61 Å². The van der Waals surface area contributed by atoms with Gasteiger partial charge < -0.3 is 24.3 Å². The number of nitrogens with one attached hydrogen (secondary N) is 1. The molecule has 0 unspecified atom stereocenters. The second-order valence-corrected chi connectivity index (χ2v) is 8.09. The molecule has 35 heavy (non-hydrogen) atoms. The van der Waals surface area contributed by atoms with E-state index in [9.17, 15) is 18.4 Å². The van der Waals surface area contributed by atoms with Gasteiger partial charge in [0, 0.05) is 49.4 Å². The molecule has 1 aliphatic heterocycles. The van der Waals surface area contributed by atoms with E-state index in [0.29, 0.717) is 38.2 Å². The molecule has 2 aromatic carbocycles. The number of aromatic nitrogens is 1. The molecule has 1 aromatic heterocycles. The van der Waals surface area contributed by atoms with Crippen LogP contribution in [0.25, 0.3) is 17.0 Å². The van der Waals surface area contributed by atoms with Gasteiger partial charge in [-0.3, -0.25) is 9.59 Å². The fraction of sp³-hybridized carbons (Fsp3) is 0.308. The van der Waals surface area contributed by atoms with Crippen LogP contribution < -0.4 is 9.47 Å². The van der Waals surface area contributed by atoms with E-state index in [0.717, 1.165) is 16.5 Å². The Morgan fingerprint density at radius 1 is 1.06 bits per heavy atom. The van der Waals surface area contributed by atoms with Crippen LogP contribution in [-0.2, 0) is 16.0 Å². The van der Waals surface area contributed by atoms with Gasteiger partial charge in [-0.25, -0.2) is 0 Å². The second kappa shape index (κ2) is 11.0. The summed E-state index contributed by atoms with van der Waals surface area (Å²) < 4.78 is 35.0. The lowest BCUT2D eigenvalue weighted by molar-refractivity contribution is -0.136. The summed E-state index contributed by atoms with van der Waals surface area (Å²) in [6.07, 6.45) is 5.22. The van der Waals surface area contributed by atoms with E-state index in [1.54, 1.807) is 34.9 Å². The largest absolute Gasteiger partial charge is 0.490 e. The molecule has 1 N–H and O–H groups in total. The van der Waals surface area contributed by atoms with Crippen molar-refractivity contribution in [3.8, 4) is 11.5 Å². The van der Waals surface area contributed by atoms with Crippen LogP contribution in [-0.4, -0.2) is 66.0 Å². The average Bonchev–Trinajstić information content (AvgIpc) is 3.26. The highest BCUT2D eigenvalue weighted by atomic mass is 19.3. The number of carbonyl (C=O) groups excluding carboxylic acids is 2. The molecule has 1 aliphatic rings. The minimum atomic E-state index is -2.95. The molecule has 1 saturated heterocycles. The molecule has 0 spiro atoms. The van der Waals surface area contributed by atoms with Crippen molar-refractivity contribution in [3.05, 3.63) is 65.9 Å². The van der Waals surface area contributed by atoms with Crippen molar-refractivity contribution in [1.82, 2.24) is 14.8 Å². The first-order valence-electron chi connectivity index (χ1n) is 11.5. The van der Waals surface area contributed by atoms with Crippen molar-refractivity contribution >= 4 is 28.8 Å². The van der Waals surface area contributed by atoms with Crippen LogP contribution in [0.5, 0.6) is 11.5 Å². The Morgan fingerprint density at radius 3 is 2.54 bits per heavy atom. The summed E-state index contributed by atoms with van der Waals surface area (Å²) in [5.74, 6) is -0.0185. The maximum atomic E-state index is 12.8. The molecule has 4 rings (SSSR count). The van der Waals surface area contributed by atoms with Gasteiger partial charge in [0.15, 0.2) is 11.5 Å². The van der Waals surface area contributed by atoms with Gasteiger partial charge in [-0.15, -0.1) is 0 Å². The smallest absolute Gasteiger partial charge is 0.387 e. The van der Waals surface area contributed by atoms with Crippen LogP contribution in [0, 0.1) is 0 Å². The second-order valence-electron chi connectivity index (χ2n) is 8.09. The number of aromatic amines is 1. The Morgan fingerprint density at radius 2 is 1.80 bits per heavy atom. The Kier molecular flexibility index (Phi) is 7.64. The summed E-state index contributed by atoms with van der Waals surface area (Å²) in [5.41, 5.74) is 2.58. The first-order chi connectivity index (χ1) is 16.9. The molecular formula is C26H27F2N3O4. The standard InChI is InChI=1S/C26H27F2N3O4/c1-2-34-23-15-18(7-9-22(23)35-26(27)28)8-10-24(32)30-11-13-31(14-12-30)25(33)16-19-17-29-21-6-4-3-5-20(19)21/h3-10,15,17,26,29H,2,11-14,16H2,1H3. The number of benzene rings is 2. The molecule has 3 aromatic rings. The number of piperazine rings is 1. The Bertz CT molecular complexity index is 1220. The Labute approximate surface area is 201 Å². The van der Waals surface area contributed by atoms with E-state index in [4.69, 9.17) is 4.74 Å². The van der Waals surface area contributed by atoms with Gasteiger partial charge in [-0.05, 0) is 42.3 Å². The quantitative estimate of drug-likeness (QED) is 0.490. The van der Waals surface area contributed by atoms with Crippen LogP contribution in [0.2, 0.25) is 0 Å². The molecule has 9 heteroatoms. The number of amides is 2. The summed E-state index contributed by atoms with van der Waals surface area (Å²) in [5, 5.41) is 1.04. The highest BCUT2D eigenvalue weighted by molar-refractivity contribution is 5.92. The van der Waals surface area contributed by atoms with Crippen LogP contribution in [0.3, 0.4) is 0 Å². The minimum Gasteiger partial charge on any atom is -0.490 e. The Hall–Kier alpha value is -3.88. The number of hydrogen-bond acceptors (Lipinski definition) is 4. The van der Waals surface area contributed by atoms with Gasteiger partial charge in [0.05, 0.1) is 13.0 Å². The predicted molar refractivity (Wildman–Crippen MR) is 128 cm³/mol. The number of fused-ring (bicyclic) bond motifs is 1. The molecular weight excluding hydrogens is 456 g/mol. The number of rotatable bonds is 8. The van der Waals surface area contributed by atoms with Crippen molar-refractivity contribution in [3.63, 3.8) is 0 Å². The molecule has 0 aliphatic carbocycles. The molecule has 0 saturated carbocycles. The summed E-state index contributed by atoms with van der Waals surface area (Å²) in [6, 6.07) is 12.4. The van der Waals surface area contributed by atoms with E-state index in [1.165, 1.54) is 12.1 Å². The summed E-state index contributed by atoms with van der Waals surface area (Å²) in [7, 11) is 0. The van der Waals surface area contributed by atoms with Crippen LogP contribution >= 0.6 is 0 Å². The number of para-hydroxylation sites is 1. The van der Waals surface area contributed by atoms with Crippen LogP contribution in [0.15, 0.2) is 54.7 Å². The third-order valence-electron chi connectivity index (χ3n) is 5.86. The number of ether oxygens (including phenoxy) is 2. The van der Waals surface area contributed by atoms with Gasteiger partial charge in [-0.2, -0.15) is 8.78 Å². The molecule has 2 heterocycles. The van der Waals surface area contributed by atoms with Crippen molar-refractivity contribution in [2.75, 3.05) is 32.8 Å². The highest BCUT2D eigenvalue weighted by Gasteiger charge is 2.23. The maximum Gasteiger partial charge on any atom is 0.387 e. The SMILES string of the molecule is CCOc1cc(C=CC(=O)N2CCN(C(=O)Cc3c[nH]c4ccccc34)CC2)ccc1OC(F)F. The zero-order chi connectivity index (χ0) is 24.8. The summed E-state index contributed by atoms with van der Waals surface area (Å²) >= 11 is 0. The maximum absolute atomic E-state index is 12.8. The van der Waals surface area contributed by atoms with E-state index in [2.05, 4.69) is 9.72 Å². The van der Waals surface area contributed by atoms with E-state index in [1.807, 2.05) is 30.5 Å². The fourth-order valence-electron chi connectivity index (χ4n) is 4.09. The first kappa shape index (κ1) is 24.3. The number of nitrogens with zero attached hydrogens (tertiary/aromatic N) is 2. The number of alkyl halides is 2. The average molecular weight is 484 g/mol. The summed E-state index contributed by atoms with van der Waals surface area (Å²) in [6.45, 7) is 0.884. The topological polar surface area (TPSA) is 74.9 Å². The van der Waals surface area contributed by atoms with E-state index < -0.39 is 6.61 Å². The lowest BCUT2D eigenvalue weighted by Crippen LogP contribution is -2.50. The van der Waals surface area contributed by atoms with Crippen LogP contribution in [0.1, 0.15) is 18.1 Å². The normalized spacial score (nSPS) is 14.2. The minimum absolute atomic E-state index is 0.0342. The van der Waals surface area contributed by atoms with Crippen molar-refractivity contribution < 1.29 is 27.8 Å². The highest BCUT2D eigenvalue weighted by Crippen LogP contribution is 2.30. The number of carbonyl (C=O) groups is 2. The van der Waals surface area contributed by atoms with Gasteiger partial charge in [0.25, 0.3) is 0 Å². The monoisotopic (exact) mass is 483 g/mol. The number of halogens is 2. The zero-order valence-corrected chi connectivity index (χ0v) is 19.4. The molecule has 0 bridgehead atoms. The predicted octanol–water partition coefficient (Wildman–Crippen LogP) is 4.09. The molecule has 184 valence electrons. The third-order valence-corrected chi connectivity index (χ3v) is 5.86. The molecule has 2 amide bonds. The lowest BCUT2D eigenvalue weighted by atomic mass is 10.1. The molecule has 0 radical (unpaired) electrons. The van der Waals surface area contributed by atoms with Crippen molar-refractivity contribution in [2.45, 2.75) is 20.0 Å². The van der Waals surface area contributed by atoms with Gasteiger partial charge in [0.2, 0.25) is 11.8 Å². The number of hydrogen-bond donors (Lipinski definition) is 1. The molecule has 7 nitrogen and oxygen atoms in total. The zero-order valence-electron chi connectivity index (χ0n) is 19.4. The van der Waals surface area contributed by atoms with E-state index in [-0.39, 0.29) is 29.9 Å². The molecule has 0 atom stereocenters. The number of H-pyrrole nitrogens is 1. The Balaban J connectivity index is 1.31.